The molecule has 226 valence electrons. The molecule has 5 rings (SSSR count). The average molecular weight is 611 g/mol. The molecule has 1 fully saturated rings. The van der Waals surface area contributed by atoms with Crippen molar-refractivity contribution in [1.29, 1.82) is 0 Å². The first kappa shape index (κ1) is 29.6. The van der Waals surface area contributed by atoms with Crippen molar-refractivity contribution in [3.05, 3.63) is 48.4 Å². The summed E-state index contributed by atoms with van der Waals surface area (Å²) in [6.07, 6.45) is -4.05. The Kier molecular flexibility index (Phi) is 8.07. The highest BCUT2D eigenvalue weighted by molar-refractivity contribution is 7.90. The second-order valence-corrected chi connectivity index (χ2v) is 12.3. The van der Waals surface area contributed by atoms with Crippen LogP contribution >= 0.6 is 0 Å². The number of aromatic nitrogens is 3. The van der Waals surface area contributed by atoms with Gasteiger partial charge in [-0.2, -0.15) is 13.2 Å². The van der Waals surface area contributed by atoms with Crippen LogP contribution in [-0.2, 0) is 22.9 Å². The minimum Gasteiger partial charge on any atom is -0.495 e. The van der Waals surface area contributed by atoms with Crippen LogP contribution in [0.25, 0.3) is 22.5 Å². The summed E-state index contributed by atoms with van der Waals surface area (Å²) in [4.78, 5) is 1.97. The zero-order chi connectivity index (χ0) is 30.2. The Balaban J connectivity index is 1.44. The molecule has 4 aromatic rings. The van der Waals surface area contributed by atoms with E-state index in [0.29, 0.717) is 29.7 Å². The lowest BCUT2D eigenvalue weighted by atomic mass is 10.0. The molecular weight excluding hydrogens is 580 g/mol. The van der Waals surface area contributed by atoms with Gasteiger partial charge in [0.25, 0.3) is 5.89 Å². The third-order valence-corrected chi connectivity index (χ3v) is 8.20. The number of piperidine rings is 1. The Morgan fingerprint density at radius 2 is 1.93 bits per heavy atom. The van der Waals surface area contributed by atoms with E-state index in [2.05, 4.69) is 20.8 Å². The lowest BCUT2D eigenvalue weighted by molar-refractivity contribution is -0.139. The van der Waals surface area contributed by atoms with Crippen molar-refractivity contribution < 1.29 is 35.1 Å². The second kappa shape index (κ2) is 11.4. The fourth-order valence-corrected chi connectivity index (χ4v) is 5.64. The summed E-state index contributed by atoms with van der Waals surface area (Å²) < 4.78 is 91.6. The number of sulfone groups is 1. The molecule has 1 aliphatic heterocycles. The van der Waals surface area contributed by atoms with Gasteiger partial charge in [0, 0.05) is 36.5 Å². The highest BCUT2D eigenvalue weighted by Crippen LogP contribution is 2.36. The fourth-order valence-electron chi connectivity index (χ4n) is 5.00. The second-order valence-electron chi connectivity index (χ2n) is 10.3. The summed E-state index contributed by atoms with van der Waals surface area (Å²) in [6.45, 7) is -0.349. The average Bonchev–Trinajstić information content (AvgIpc) is 3.53. The van der Waals surface area contributed by atoms with Crippen LogP contribution in [0, 0.1) is 0 Å². The predicted octanol–water partition coefficient (Wildman–Crippen LogP) is 4.73. The highest BCUT2D eigenvalue weighted by Gasteiger charge is 2.32. The van der Waals surface area contributed by atoms with Crippen LogP contribution in [-0.4, -0.2) is 80.0 Å². The van der Waals surface area contributed by atoms with E-state index in [4.69, 9.17) is 9.15 Å². The van der Waals surface area contributed by atoms with Gasteiger partial charge in [0.15, 0.2) is 9.84 Å². The van der Waals surface area contributed by atoms with Crippen LogP contribution in [0.4, 0.5) is 28.9 Å². The molecule has 0 saturated carbocycles. The molecule has 0 spiro atoms. The van der Waals surface area contributed by atoms with E-state index in [-0.39, 0.29) is 46.7 Å². The van der Waals surface area contributed by atoms with Gasteiger partial charge in [0.05, 0.1) is 35.8 Å². The molecule has 3 heterocycles. The van der Waals surface area contributed by atoms with Crippen LogP contribution in [0.15, 0.2) is 51.8 Å². The number of hydrogen-bond donors (Lipinski definition) is 2. The minimum atomic E-state index is -4.54. The zero-order valence-corrected chi connectivity index (χ0v) is 23.9. The molecule has 42 heavy (non-hydrogen) atoms. The van der Waals surface area contributed by atoms with Gasteiger partial charge >= 0.3 is 6.18 Å². The van der Waals surface area contributed by atoms with Crippen LogP contribution in [0.1, 0.15) is 12.3 Å². The summed E-state index contributed by atoms with van der Waals surface area (Å²) in [7, 11) is -0.219. The minimum absolute atomic E-state index is 0.0120. The van der Waals surface area contributed by atoms with Gasteiger partial charge < -0.3 is 29.3 Å². The van der Waals surface area contributed by atoms with Gasteiger partial charge in [-0.3, -0.25) is 0 Å². The number of fused-ring (bicyclic) bond motifs is 1. The predicted molar refractivity (Wildman–Crippen MR) is 149 cm³/mol. The molecule has 2 aromatic carbocycles. The molecule has 2 aromatic heterocycles. The summed E-state index contributed by atoms with van der Waals surface area (Å²) in [5, 5.41) is 14.7. The van der Waals surface area contributed by atoms with Crippen molar-refractivity contribution in [2.24, 2.45) is 0 Å². The molecule has 2 N–H and O–H groups in total. The number of halogens is 4. The van der Waals surface area contributed by atoms with Crippen LogP contribution < -0.4 is 15.4 Å². The first-order valence-electron chi connectivity index (χ1n) is 13.1. The number of benzene rings is 2. The molecule has 0 unspecified atom stereocenters. The Hall–Kier alpha value is -3.85. The topological polar surface area (TPSA) is 115 Å². The lowest BCUT2D eigenvalue weighted by Crippen LogP contribution is -2.46. The largest absolute Gasteiger partial charge is 0.495 e. The number of anilines is 2. The number of methoxy groups -OCH3 is 1. The summed E-state index contributed by atoms with van der Waals surface area (Å²) >= 11 is 0. The normalized spacial score (nSPS) is 18.4. The summed E-state index contributed by atoms with van der Waals surface area (Å²) in [5.74, 6) is 0.219. The van der Waals surface area contributed by atoms with Gasteiger partial charge in [0.2, 0.25) is 5.89 Å². The molecule has 15 heteroatoms. The molecule has 1 saturated heterocycles. The van der Waals surface area contributed by atoms with Gasteiger partial charge in [-0.25, -0.2) is 12.8 Å². The molecule has 1 aliphatic rings. The molecule has 2 atom stereocenters. The Morgan fingerprint density at radius 1 is 1.14 bits per heavy atom. The monoisotopic (exact) mass is 610 g/mol. The maximum atomic E-state index is 14.7. The molecule has 0 bridgehead atoms. The molecular formula is C27H30F4N6O4S. The van der Waals surface area contributed by atoms with E-state index in [1.54, 1.807) is 18.2 Å². The summed E-state index contributed by atoms with van der Waals surface area (Å²) in [6, 6.07) is 10.2. The van der Waals surface area contributed by atoms with E-state index in [1.165, 1.54) is 31.4 Å². The molecule has 10 nitrogen and oxygen atoms in total. The van der Waals surface area contributed by atoms with Gasteiger partial charge in [-0.05, 0) is 43.8 Å². The first-order chi connectivity index (χ1) is 19.8. The number of alkyl halides is 4. The van der Waals surface area contributed by atoms with Crippen molar-refractivity contribution in [1.82, 2.24) is 19.7 Å². The van der Waals surface area contributed by atoms with Crippen molar-refractivity contribution in [2.75, 3.05) is 44.1 Å². The van der Waals surface area contributed by atoms with E-state index in [0.717, 1.165) is 10.8 Å². The van der Waals surface area contributed by atoms with E-state index >= 15 is 0 Å². The Morgan fingerprint density at radius 3 is 2.62 bits per heavy atom. The summed E-state index contributed by atoms with van der Waals surface area (Å²) in [5.41, 5.74) is 1.30. The third kappa shape index (κ3) is 6.46. The smallest absolute Gasteiger partial charge is 0.406 e. The number of nitrogens with zero attached hydrogens (tertiary/aromatic N) is 4. The maximum Gasteiger partial charge on any atom is 0.406 e. The quantitative estimate of drug-likeness (QED) is 0.260. The maximum absolute atomic E-state index is 14.7. The molecule has 0 aliphatic carbocycles. The lowest BCUT2D eigenvalue weighted by Gasteiger charge is -2.33. The van der Waals surface area contributed by atoms with Crippen molar-refractivity contribution in [2.45, 2.75) is 42.8 Å². The third-order valence-electron chi connectivity index (χ3n) is 7.09. The zero-order valence-electron chi connectivity index (χ0n) is 23.1. The fraction of sp³-hybridized carbons (Fsp3) is 0.407. The SMILES string of the molecule is COc1cc(S(C)(=O)=O)ccc1NCc1nnc(-c2cc3c(N[C@@H]4CCN(C)C[C@@H]4F)cccc3n2CC(F)(F)F)o1. The molecule has 0 radical (unpaired) electrons. The van der Waals surface area contributed by atoms with Crippen molar-refractivity contribution >= 4 is 32.1 Å². The number of nitrogens with one attached hydrogen (secondary N) is 2. The van der Waals surface area contributed by atoms with Crippen LogP contribution in [0.3, 0.4) is 0 Å². The van der Waals surface area contributed by atoms with Crippen LogP contribution in [0.2, 0.25) is 0 Å². The van der Waals surface area contributed by atoms with E-state index < -0.39 is 34.8 Å². The Labute approximate surface area is 239 Å². The number of rotatable bonds is 9. The van der Waals surface area contributed by atoms with Crippen molar-refractivity contribution in [3.63, 3.8) is 0 Å². The molecule has 0 amide bonds. The first-order valence-corrected chi connectivity index (χ1v) is 14.9. The van der Waals surface area contributed by atoms with Crippen molar-refractivity contribution in [3.8, 4) is 17.3 Å². The number of hydrogen-bond acceptors (Lipinski definition) is 9. The number of likely N-dealkylation sites (tertiary alicyclic amines) is 1. The standard InChI is InChI=1S/C27H30F4N6O4S/c1-36-10-9-20(18(28)14-36)33-19-5-4-6-22-17(19)12-23(37(22)15-27(29,30)31)26-35-34-25(41-26)13-32-21-8-7-16(42(3,38)39)11-24(21)40-2/h4-8,11-12,18,20,32-33H,9-10,13-15H2,1-3H3/t18-,20+/m0/s1. The number of ether oxygens (including phenoxy) is 1. The van der Waals surface area contributed by atoms with E-state index in [9.17, 15) is 26.0 Å². The Bertz CT molecular complexity index is 1690. The van der Waals surface area contributed by atoms with Gasteiger partial charge in [0.1, 0.15) is 24.2 Å². The van der Waals surface area contributed by atoms with Gasteiger partial charge in [-0.15, -0.1) is 10.2 Å². The van der Waals surface area contributed by atoms with E-state index in [1.807, 2.05) is 11.9 Å². The highest BCUT2D eigenvalue weighted by atomic mass is 32.2. The van der Waals surface area contributed by atoms with Crippen LogP contribution in [0.5, 0.6) is 5.75 Å². The van der Waals surface area contributed by atoms with Gasteiger partial charge in [-0.1, -0.05) is 6.07 Å².